The number of carbonyl (C=O) groups is 1. The van der Waals surface area contributed by atoms with Crippen LogP contribution in [-0.2, 0) is 27.8 Å². The molecule has 0 radical (unpaired) electrons. The van der Waals surface area contributed by atoms with Gasteiger partial charge in [0.05, 0.1) is 18.1 Å². The third-order valence-electron chi connectivity index (χ3n) is 6.43. The summed E-state index contributed by atoms with van der Waals surface area (Å²) in [6.07, 6.45) is 1.73. The van der Waals surface area contributed by atoms with E-state index in [1.54, 1.807) is 18.2 Å². The standard InChI is InChI=1S/C25H33N3O4S/c1-20-8-10-28(11-9-20)33(30,31)24-7-3-6-23(17-24)25(29)26-18-21-4-2-5-22(16-21)19-27-12-14-32-15-13-27/h2-7,16-17,20H,8-15,18-19H2,1H3,(H,26,29). The summed E-state index contributed by atoms with van der Waals surface area (Å²) in [5, 5.41) is 2.93. The zero-order valence-electron chi connectivity index (χ0n) is 19.2. The van der Waals surface area contributed by atoms with E-state index < -0.39 is 10.0 Å². The van der Waals surface area contributed by atoms with Gasteiger partial charge in [-0.2, -0.15) is 4.31 Å². The van der Waals surface area contributed by atoms with Crippen LogP contribution in [0.2, 0.25) is 0 Å². The third kappa shape index (κ3) is 6.20. The fourth-order valence-electron chi connectivity index (χ4n) is 4.31. The number of benzene rings is 2. The fourth-order valence-corrected chi connectivity index (χ4v) is 5.83. The Bertz CT molecular complexity index is 1060. The van der Waals surface area contributed by atoms with Gasteiger partial charge in [-0.1, -0.05) is 37.3 Å². The van der Waals surface area contributed by atoms with Gasteiger partial charge in [0, 0.05) is 44.8 Å². The van der Waals surface area contributed by atoms with E-state index in [0.29, 0.717) is 31.1 Å². The number of rotatable bonds is 7. The molecule has 0 unspecified atom stereocenters. The first-order valence-corrected chi connectivity index (χ1v) is 13.1. The largest absolute Gasteiger partial charge is 0.379 e. The summed E-state index contributed by atoms with van der Waals surface area (Å²) in [4.78, 5) is 15.3. The first-order valence-electron chi connectivity index (χ1n) is 11.7. The summed E-state index contributed by atoms with van der Waals surface area (Å²) in [6.45, 7) is 7.84. The van der Waals surface area contributed by atoms with E-state index in [0.717, 1.165) is 51.3 Å². The van der Waals surface area contributed by atoms with Gasteiger partial charge in [0.2, 0.25) is 10.0 Å². The summed E-state index contributed by atoms with van der Waals surface area (Å²) in [7, 11) is -3.59. The Labute approximate surface area is 196 Å². The molecule has 2 fully saturated rings. The molecule has 0 bridgehead atoms. The van der Waals surface area contributed by atoms with E-state index in [1.165, 1.54) is 15.9 Å². The maximum absolute atomic E-state index is 13.0. The van der Waals surface area contributed by atoms with Crippen molar-refractivity contribution in [2.45, 2.75) is 37.8 Å². The molecule has 4 rings (SSSR count). The monoisotopic (exact) mass is 471 g/mol. The lowest BCUT2D eigenvalue weighted by atomic mass is 10.0. The fraction of sp³-hybridized carbons (Fsp3) is 0.480. The van der Waals surface area contributed by atoms with E-state index in [9.17, 15) is 13.2 Å². The van der Waals surface area contributed by atoms with Gasteiger partial charge < -0.3 is 10.1 Å². The van der Waals surface area contributed by atoms with Crippen molar-refractivity contribution < 1.29 is 17.9 Å². The van der Waals surface area contributed by atoms with E-state index >= 15 is 0 Å². The molecular formula is C25H33N3O4S. The molecule has 2 aromatic carbocycles. The highest BCUT2D eigenvalue weighted by atomic mass is 32.2. The second-order valence-corrected chi connectivity index (χ2v) is 10.9. The maximum atomic E-state index is 13.0. The Morgan fingerprint density at radius 2 is 1.70 bits per heavy atom. The summed E-state index contributed by atoms with van der Waals surface area (Å²) in [5.41, 5.74) is 2.57. The normalized spacial score (nSPS) is 18.8. The highest BCUT2D eigenvalue weighted by molar-refractivity contribution is 7.89. The van der Waals surface area contributed by atoms with Crippen LogP contribution >= 0.6 is 0 Å². The second kappa shape index (κ2) is 10.8. The molecule has 2 aliphatic rings. The van der Waals surface area contributed by atoms with E-state index in [1.807, 2.05) is 12.1 Å². The minimum atomic E-state index is -3.59. The van der Waals surface area contributed by atoms with Gasteiger partial charge in [-0.3, -0.25) is 9.69 Å². The van der Waals surface area contributed by atoms with Crippen LogP contribution in [-0.4, -0.2) is 62.9 Å². The van der Waals surface area contributed by atoms with Crippen LogP contribution in [0.3, 0.4) is 0 Å². The van der Waals surface area contributed by atoms with Crippen molar-refractivity contribution in [2.24, 2.45) is 5.92 Å². The molecule has 8 heteroatoms. The summed E-state index contributed by atoms with van der Waals surface area (Å²) in [5.74, 6) is 0.263. The summed E-state index contributed by atoms with van der Waals surface area (Å²) in [6, 6.07) is 14.5. The van der Waals surface area contributed by atoms with Crippen LogP contribution in [0.1, 0.15) is 41.3 Å². The molecule has 2 heterocycles. The van der Waals surface area contributed by atoms with Crippen LogP contribution in [0, 0.1) is 5.92 Å². The van der Waals surface area contributed by atoms with Crippen molar-refractivity contribution in [3.63, 3.8) is 0 Å². The van der Waals surface area contributed by atoms with Crippen molar-refractivity contribution in [1.29, 1.82) is 0 Å². The number of hydrogen-bond donors (Lipinski definition) is 1. The van der Waals surface area contributed by atoms with Gasteiger partial charge in [0.25, 0.3) is 5.91 Å². The van der Waals surface area contributed by atoms with Gasteiger partial charge in [0.1, 0.15) is 0 Å². The summed E-state index contributed by atoms with van der Waals surface area (Å²) >= 11 is 0. The minimum Gasteiger partial charge on any atom is -0.379 e. The molecule has 0 aliphatic carbocycles. The molecule has 2 saturated heterocycles. The molecule has 2 aromatic rings. The quantitative estimate of drug-likeness (QED) is 0.672. The number of morpholine rings is 1. The predicted octanol–water partition coefficient (Wildman–Crippen LogP) is 2.87. The molecule has 0 atom stereocenters. The highest BCUT2D eigenvalue weighted by Gasteiger charge is 2.28. The zero-order valence-corrected chi connectivity index (χ0v) is 20.0. The van der Waals surface area contributed by atoms with Crippen molar-refractivity contribution >= 4 is 15.9 Å². The first-order chi connectivity index (χ1) is 15.9. The number of amides is 1. The van der Waals surface area contributed by atoms with Gasteiger partial charge in [0.15, 0.2) is 0 Å². The van der Waals surface area contributed by atoms with Crippen molar-refractivity contribution in [3.8, 4) is 0 Å². The predicted molar refractivity (Wildman–Crippen MR) is 127 cm³/mol. The lowest BCUT2D eigenvalue weighted by Gasteiger charge is -2.29. The highest BCUT2D eigenvalue weighted by Crippen LogP contribution is 2.24. The lowest BCUT2D eigenvalue weighted by molar-refractivity contribution is 0.0342. The van der Waals surface area contributed by atoms with Gasteiger partial charge in [-0.25, -0.2) is 8.42 Å². The van der Waals surface area contributed by atoms with Gasteiger partial charge >= 0.3 is 0 Å². The Hall–Kier alpha value is -2.26. The SMILES string of the molecule is CC1CCN(S(=O)(=O)c2cccc(C(=O)NCc3cccc(CN4CCOCC4)c3)c2)CC1. The molecule has 7 nitrogen and oxygen atoms in total. The number of hydrogen-bond acceptors (Lipinski definition) is 5. The number of carbonyl (C=O) groups excluding carboxylic acids is 1. The molecule has 0 spiro atoms. The molecular weight excluding hydrogens is 438 g/mol. The molecule has 0 saturated carbocycles. The second-order valence-electron chi connectivity index (χ2n) is 9.01. The summed E-state index contributed by atoms with van der Waals surface area (Å²) < 4.78 is 33.0. The van der Waals surface area contributed by atoms with E-state index in [4.69, 9.17) is 4.74 Å². The maximum Gasteiger partial charge on any atom is 0.251 e. The van der Waals surface area contributed by atoms with Crippen molar-refractivity contribution in [2.75, 3.05) is 39.4 Å². The Kier molecular flexibility index (Phi) is 7.80. The molecule has 178 valence electrons. The molecule has 0 aromatic heterocycles. The molecule has 1 N–H and O–H groups in total. The molecule has 2 aliphatic heterocycles. The Morgan fingerprint density at radius 3 is 2.45 bits per heavy atom. The number of nitrogens with zero attached hydrogens (tertiary/aromatic N) is 2. The topological polar surface area (TPSA) is 79.0 Å². The van der Waals surface area contributed by atoms with E-state index in [2.05, 4.69) is 29.3 Å². The van der Waals surface area contributed by atoms with Crippen LogP contribution < -0.4 is 5.32 Å². The third-order valence-corrected chi connectivity index (χ3v) is 8.33. The number of piperidine rings is 1. The van der Waals surface area contributed by atoms with Gasteiger partial charge in [-0.05, 0) is 48.1 Å². The number of sulfonamides is 1. The minimum absolute atomic E-state index is 0.178. The first kappa shape index (κ1) is 23.9. The van der Waals surface area contributed by atoms with Crippen LogP contribution in [0.25, 0.3) is 0 Å². The molecule has 1 amide bonds. The molecule has 33 heavy (non-hydrogen) atoms. The van der Waals surface area contributed by atoms with Crippen molar-refractivity contribution in [1.82, 2.24) is 14.5 Å². The Morgan fingerprint density at radius 1 is 1.00 bits per heavy atom. The Balaban J connectivity index is 1.38. The smallest absolute Gasteiger partial charge is 0.251 e. The average Bonchev–Trinajstić information content (AvgIpc) is 2.84. The number of nitrogens with one attached hydrogen (secondary N) is 1. The van der Waals surface area contributed by atoms with Crippen LogP contribution in [0.5, 0.6) is 0 Å². The van der Waals surface area contributed by atoms with E-state index in [-0.39, 0.29) is 10.8 Å². The number of ether oxygens (including phenoxy) is 1. The average molecular weight is 472 g/mol. The van der Waals surface area contributed by atoms with Crippen molar-refractivity contribution in [3.05, 3.63) is 65.2 Å². The van der Waals surface area contributed by atoms with Crippen LogP contribution in [0.4, 0.5) is 0 Å². The lowest BCUT2D eigenvalue weighted by Crippen LogP contribution is -2.38. The van der Waals surface area contributed by atoms with Gasteiger partial charge in [-0.15, -0.1) is 0 Å². The van der Waals surface area contributed by atoms with Crippen LogP contribution in [0.15, 0.2) is 53.4 Å². The zero-order chi connectivity index (χ0) is 23.3.